The lowest BCUT2D eigenvalue weighted by atomic mass is 10.4. The summed E-state index contributed by atoms with van der Waals surface area (Å²) >= 11 is 0. The number of ether oxygens (including phenoxy) is 1. The van der Waals surface area contributed by atoms with Crippen LogP contribution in [0.25, 0.3) is 0 Å². The van der Waals surface area contributed by atoms with Crippen LogP contribution < -0.4 is 10.6 Å². The lowest BCUT2D eigenvalue weighted by Gasteiger charge is -2.18. The molecule has 0 aliphatic rings. The Morgan fingerprint density at radius 1 is 1.26 bits per heavy atom. The summed E-state index contributed by atoms with van der Waals surface area (Å²) in [6, 6.07) is -0.586. The number of nitrogens with zero attached hydrogens (tertiary/aromatic N) is 1. The zero-order valence-electron chi connectivity index (χ0n) is 11.4. The predicted octanol–water partition coefficient (Wildman–Crippen LogP) is -0.117. The Morgan fingerprint density at radius 2 is 1.95 bits per heavy atom. The van der Waals surface area contributed by atoms with Crippen molar-refractivity contribution in [3.8, 4) is 0 Å². The number of urea groups is 1. The van der Waals surface area contributed by atoms with Gasteiger partial charge >= 0.3 is 12.0 Å². The van der Waals surface area contributed by atoms with Gasteiger partial charge in [0.1, 0.15) is 0 Å². The van der Waals surface area contributed by atoms with E-state index in [2.05, 4.69) is 17.2 Å². The number of likely N-dealkylation sites (N-methyl/N-ethyl adjacent to an activating group) is 1. The van der Waals surface area contributed by atoms with Gasteiger partial charge in [0.25, 0.3) is 0 Å². The minimum atomic E-state index is -0.586. The lowest BCUT2D eigenvalue weighted by molar-refractivity contribution is -0.144. The molecule has 0 aliphatic heterocycles. The summed E-state index contributed by atoms with van der Waals surface area (Å²) in [7, 11) is 0. The fourth-order valence-corrected chi connectivity index (χ4v) is 1.25. The van der Waals surface area contributed by atoms with Crippen molar-refractivity contribution >= 4 is 17.9 Å². The molecule has 0 heterocycles. The van der Waals surface area contributed by atoms with E-state index in [1.807, 2.05) is 6.92 Å². The highest BCUT2D eigenvalue weighted by atomic mass is 16.5. The van der Waals surface area contributed by atoms with Crippen molar-refractivity contribution in [2.24, 2.45) is 0 Å². The maximum atomic E-state index is 11.5. The second-order valence-electron chi connectivity index (χ2n) is 3.66. The van der Waals surface area contributed by atoms with Gasteiger partial charge in [-0.15, -0.1) is 6.58 Å². The second-order valence-corrected chi connectivity index (χ2v) is 3.66. The summed E-state index contributed by atoms with van der Waals surface area (Å²) in [6.45, 7) is 8.01. The number of imide groups is 1. The van der Waals surface area contributed by atoms with E-state index in [0.29, 0.717) is 13.2 Å². The number of esters is 1. The summed E-state index contributed by atoms with van der Waals surface area (Å²) in [6.07, 6.45) is 1.50. The summed E-state index contributed by atoms with van der Waals surface area (Å²) in [5.41, 5.74) is 0. The molecule has 0 aromatic heterocycles. The Morgan fingerprint density at radius 3 is 2.47 bits per heavy atom. The van der Waals surface area contributed by atoms with Gasteiger partial charge in [0.2, 0.25) is 5.91 Å². The third kappa shape index (κ3) is 8.78. The Balaban J connectivity index is 4.08. The number of carbonyl (C=O) groups is 3. The van der Waals surface area contributed by atoms with Crippen LogP contribution in [0.4, 0.5) is 4.79 Å². The van der Waals surface area contributed by atoms with Gasteiger partial charge in [-0.2, -0.15) is 0 Å². The number of nitrogens with one attached hydrogen (secondary N) is 2. The van der Waals surface area contributed by atoms with Gasteiger partial charge in [0.05, 0.1) is 19.7 Å². The molecule has 0 bridgehead atoms. The molecule has 0 rings (SSSR count). The highest BCUT2D eigenvalue weighted by Crippen LogP contribution is 1.90. The number of hydrogen-bond acceptors (Lipinski definition) is 5. The van der Waals surface area contributed by atoms with Crippen LogP contribution in [0.3, 0.4) is 0 Å². The van der Waals surface area contributed by atoms with Crippen LogP contribution in [0, 0.1) is 0 Å². The van der Waals surface area contributed by atoms with Crippen molar-refractivity contribution in [2.75, 3.05) is 32.8 Å². The molecule has 0 radical (unpaired) electrons. The van der Waals surface area contributed by atoms with Crippen molar-refractivity contribution in [3.63, 3.8) is 0 Å². The van der Waals surface area contributed by atoms with E-state index in [1.165, 1.54) is 6.08 Å². The predicted molar refractivity (Wildman–Crippen MR) is 70.5 cm³/mol. The van der Waals surface area contributed by atoms with Gasteiger partial charge in [-0.3, -0.25) is 19.8 Å². The first-order valence-electron chi connectivity index (χ1n) is 6.10. The highest BCUT2D eigenvalue weighted by molar-refractivity contribution is 5.95. The van der Waals surface area contributed by atoms with E-state index >= 15 is 0 Å². The summed E-state index contributed by atoms with van der Waals surface area (Å²) in [5, 5.41) is 4.57. The molecule has 0 aromatic carbocycles. The third-order valence-corrected chi connectivity index (χ3v) is 2.13. The number of rotatable bonds is 8. The fourth-order valence-electron chi connectivity index (χ4n) is 1.25. The maximum Gasteiger partial charge on any atom is 0.321 e. The van der Waals surface area contributed by atoms with Crippen molar-refractivity contribution in [2.45, 2.75) is 13.8 Å². The van der Waals surface area contributed by atoms with E-state index < -0.39 is 17.9 Å². The molecule has 19 heavy (non-hydrogen) atoms. The molecule has 0 aliphatic carbocycles. The topological polar surface area (TPSA) is 87.7 Å². The average molecular weight is 271 g/mol. The molecule has 0 atom stereocenters. The highest BCUT2D eigenvalue weighted by Gasteiger charge is 2.15. The van der Waals surface area contributed by atoms with E-state index in [9.17, 15) is 14.4 Å². The number of carbonyl (C=O) groups excluding carboxylic acids is 3. The zero-order valence-corrected chi connectivity index (χ0v) is 11.4. The third-order valence-electron chi connectivity index (χ3n) is 2.13. The summed E-state index contributed by atoms with van der Waals surface area (Å²) in [5.74, 6) is -0.874. The van der Waals surface area contributed by atoms with Crippen molar-refractivity contribution in [1.82, 2.24) is 15.5 Å². The lowest BCUT2D eigenvalue weighted by Crippen LogP contribution is -2.45. The largest absolute Gasteiger partial charge is 0.465 e. The van der Waals surface area contributed by atoms with Crippen molar-refractivity contribution < 1.29 is 19.1 Å². The van der Waals surface area contributed by atoms with E-state index in [1.54, 1.807) is 11.8 Å². The normalized spacial score (nSPS) is 9.84. The maximum absolute atomic E-state index is 11.5. The first kappa shape index (κ1) is 17.1. The van der Waals surface area contributed by atoms with Crippen LogP contribution in [0.2, 0.25) is 0 Å². The molecule has 2 N–H and O–H groups in total. The summed E-state index contributed by atoms with van der Waals surface area (Å²) < 4.78 is 4.79. The first-order valence-corrected chi connectivity index (χ1v) is 6.10. The molecule has 0 unspecified atom stereocenters. The molecular formula is C12H21N3O4. The number of amides is 3. The molecule has 0 aromatic rings. The van der Waals surface area contributed by atoms with Crippen molar-refractivity contribution in [1.29, 1.82) is 0 Å². The Kier molecular flexibility index (Phi) is 9.07. The monoisotopic (exact) mass is 271 g/mol. The molecule has 108 valence electrons. The quantitative estimate of drug-likeness (QED) is 0.475. The summed E-state index contributed by atoms with van der Waals surface area (Å²) in [4.78, 5) is 35.6. The Labute approximate surface area is 113 Å². The molecule has 0 saturated heterocycles. The SMILES string of the molecule is C=CCNC(=O)NC(=O)CN(CC)CC(=O)OCC. The van der Waals surface area contributed by atoms with Gasteiger partial charge < -0.3 is 10.1 Å². The smallest absolute Gasteiger partial charge is 0.321 e. The van der Waals surface area contributed by atoms with Crippen molar-refractivity contribution in [3.05, 3.63) is 12.7 Å². The molecule has 0 fully saturated rings. The Bertz CT molecular complexity index is 331. The van der Waals surface area contributed by atoms with Crippen LogP contribution in [-0.4, -0.2) is 55.6 Å². The van der Waals surface area contributed by atoms with Crippen LogP contribution in [-0.2, 0) is 14.3 Å². The standard InChI is InChI=1S/C12H21N3O4/c1-4-7-13-12(18)14-10(16)8-15(5-2)9-11(17)19-6-3/h4H,1,5-9H2,2-3H3,(H2,13,14,16,18). The van der Waals surface area contributed by atoms with Crippen LogP contribution >= 0.6 is 0 Å². The fraction of sp³-hybridized carbons (Fsp3) is 0.583. The van der Waals surface area contributed by atoms with Gasteiger partial charge in [0.15, 0.2) is 0 Å². The van der Waals surface area contributed by atoms with Crippen LogP contribution in [0.15, 0.2) is 12.7 Å². The minimum Gasteiger partial charge on any atom is -0.465 e. The van der Waals surface area contributed by atoms with Crippen LogP contribution in [0.5, 0.6) is 0 Å². The molecule has 7 heteroatoms. The van der Waals surface area contributed by atoms with E-state index in [-0.39, 0.29) is 19.6 Å². The van der Waals surface area contributed by atoms with Gasteiger partial charge in [-0.1, -0.05) is 13.0 Å². The molecular weight excluding hydrogens is 250 g/mol. The zero-order chi connectivity index (χ0) is 14.7. The van der Waals surface area contributed by atoms with Gasteiger partial charge in [-0.05, 0) is 13.5 Å². The molecule has 0 spiro atoms. The van der Waals surface area contributed by atoms with E-state index in [0.717, 1.165) is 0 Å². The second kappa shape index (κ2) is 10.1. The van der Waals surface area contributed by atoms with E-state index in [4.69, 9.17) is 4.74 Å². The Hall–Kier alpha value is -1.89. The van der Waals surface area contributed by atoms with Crippen LogP contribution in [0.1, 0.15) is 13.8 Å². The molecule has 3 amide bonds. The first-order chi connectivity index (χ1) is 9.03. The minimum absolute atomic E-state index is 0.0199. The van der Waals surface area contributed by atoms with Gasteiger partial charge in [-0.25, -0.2) is 4.79 Å². The molecule has 7 nitrogen and oxygen atoms in total. The number of hydrogen-bond donors (Lipinski definition) is 2. The average Bonchev–Trinajstić information content (AvgIpc) is 2.35. The van der Waals surface area contributed by atoms with Gasteiger partial charge in [0, 0.05) is 6.54 Å². The molecule has 0 saturated carbocycles.